The molecule has 0 saturated heterocycles. The van der Waals surface area contributed by atoms with Gasteiger partial charge in [0.1, 0.15) is 15.4 Å². The van der Waals surface area contributed by atoms with E-state index in [0.717, 1.165) is 64.6 Å². The second-order valence-electron chi connectivity index (χ2n) is 8.64. The molecule has 0 fully saturated rings. The molecule has 1 aromatic carbocycles. The predicted octanol–water partition coefficient (Wildman–Crippen LogP) is 7.15. The highest BCUT2D eigenvalue weighted by Gasteiger charge is 2.22. The highest BCUT2D eigenvalue weighted by atomic mass is 32.2. The first-order valence-electron chi connectivity index (χ1n) is 10.5. The molecule has 0 bridgehead atoms. The average molecular weight is 447 g/mol. The van der Waals surface area contributed by atoms with Gasteiger partial charge in [0.05, 0.1) is 4.90 Å². The van der Waals surface area contributed by atoms with Crippen molar-refractivity contribution in [2.24, 2.45) is 5.10 Å². The van der Waals surface area contributed by atoms with Crippen molar-refractivity contribution in [3.63, 3.8) is 0 Å². The highest BCUT2D eigenvalue weighted by Crippen LogP contribution is 2.37. The normalized spacial score (nSPS) is 15.5. The first-order chi connectivity index (χ1) is 14.1. The highest BCUT2D eigenvalue weighted by molar-refractivity contribution is 8.07. The fourth-order valence-electron chi connectivity index (χ4n) is 3.59. The van der Waals surface area contributed by atoms with E-state index in [2.05, 4.69) is 29.2 Å². The lowest BCUT2D eigenvalue weighted by Gasteiger charge is -2.27. The number of nitriles is 1. The molecule has 0 saturated carbocycles. The average Bonchev–Trinajstić information content (AvgIpc) is 2.68. The molecule has 164 valence electrons. The van der Waals surface area contributed by atoms with E-state index < -0.39 is 10.0 Å². The van der Waals surface area contributed by atoms with Crippen LogP contribution in [0.15, 0.2) is 32.6 Å². The number of hydrogen-bond acceptors (Lipinski definition) is 5. The van der Waals surface area contributed by atoms with Gasteiger partial charge in [0.25, 0.3) is 0 Å². The van der Waals surface area contributed by atoms with E-state index in [1.165, 1.54) is 6.21 Å². The molecule has 1 aromatic rings. The van der Waals surface area contributed by atoms with Gasteiger partial charge in [0.2, 0.25) is 0 Å². The third kappa shape index (κ3) is 5.89. The number of thioether (sulfide) groups is 1. The van der Waals surface area contributed by atoms with Gasteiger partial charge < -0.3 is 9.93 Å². The third-order valence-electron chi connectivity index (χ3n) is 5.33. The van der Waals surface area contributed by atoms with E-state index in [9.17, 15) is 8.42 Å². The van der Waals surface area contributed by atoms with Crippen LogP contribution in [0.5, 0.6) is 0 Å². The predicted molar refractivity (Wildman–Crippen MR) is 126 cm³/mol. The first kappa shape index (κ1) is 24.5. The van der Waals surface area contributed by atoms with Crippen LogP contribution < -0.4 is 0 Å². The number of rotatable bonds is 8. The van der Waals surface area contributed by atoms with Gasteiger partial charge in [-0.1, -0.05) is 53.7 Å². The minimum Gasteiger partial charge on any atom is -0.491 e. The Labute approximate surface area is 186 Å². The van der Waals surface area contributed by atoms with Crippen molar-refractivity contribution < 1.29 is 8.42 Å². The van der Waals surface area contributed by atoms with E-state index in [4.69, 9.17) is 5.26 Å². The summed E-state index contributed by atoms with van der Waals surface area (Å²) in [5.41, 5.74) is 3.63. The molecule has 0 unspecified atom stereocenters. The van der Waals surface area contributed by atoms with Crippen LogP contribution in [0, 0.1) is 10.7 Å². The quantitative estimate of drug-likeness (QED) is 0.241. The van der Waals surface area contributed by atoms with Crippen molar-refractivity contribution in [1.29, 1.82) is 5.26 Å². The molecule has 30 heavy (non-hydrogen) atoms. The number of allylic oxidation sites excluding steroid dienone is 2. The van der Waals surface area contributed by atoms with Crippen LogP contribution in [0.25, 0.3) is 4.83 Å². The lowest BCUT2D eigenvalue weighted by Crippen LogP contribution is -2.11. The van der Waals surface area contributed by atoms with Crippen LogP contribution in [0.4, 0.5) is 0 Å². The maximum Gasteiger partial charge on any atom is 0.138 e. The molecule has 0 heterocycles. The van der Waals surface area contributed by atoms with E-state index in [-0.39, 0.29) is 11.8 Å². The van der Waals surface area contributed by atoms with Crippen LogP contribution in [0.2, 0.25) is 0 Å². The van der Waals surface area contributed by atoms with E-state index in [1.807, 2.05) is 39.8 Å². The van der Waals surface area contributed by atoms with Crippen LogP contribution in [0.1, 0.15) is 102 Å². The zero-order valence-electron chi connectivity index (χ0n) is 18.8. The van der Waals surface area contributed by atoms with E-state index >= 15 is 0 Å². The molecular formula is C23H32N3O2S2-. The number of thiocyanates is 1. The van der Waals surface area contributed by atoms with E-state index in [1.54, 1.807) is 0 Å². The fraction of sp³-hybridized carbons (Fsp3) is 0.565. The van der Waals surface area contributed by atoms with Gasteiger partial charge in [-0.25, -0.2) is 8.42 Å². The van der Waals surface area contributed by atoms with E-state index in [0.29, 0.717) is 10.8 Å². The zero-order valence-corrected chi connectivity index (χ0v) is 20.4. The maximum absolute atomic E-state index is 13.3. The van der Waals surface area contributed by atoms with Gasteiger partial charge in [0.15, 0.2) is 0 Å². The molecule has 0 radical (unpaired) electrons. The largest absolute Gasteiger partial charge is 0.491 e. The standard InChI is InChI=1S/C23H32N3O2S2/c1-15(2)19-11-20(16(3)4)23(21(12-19)17(5)6)30(27,28)26-25-13-18-9-7-8-10-22(18)29-14-24/h11-13,15-17H,7-10H2,1-6H3/q-1/b25-13+. The Morgan fingerprint density at radius 2 is 1.60 bits per heavy atom. The Balaban J connectivity index is 2.47. The summed E-state index contributed by atoms with van der Waals surface area (Å²) in [4.78, 5) is 5.05. The molecule has 7 heteroatoms. The first-order valence-corrected chi connectivity index (χ1v) is 12.8. The van der Waals surface area contributed by atoms with Crippen LogP contribution >= 0.6 is 11.8 Å². The van der Waals surface area contributed by atoms with Gasteiger partial charge in [-0.2, -0.15) is 5.26 Å². The number of benzene rings is 1. The van der Waals surface area contributed by atoms with Crippen molar-refractivity contribution in [2.75, 3.05) is 0 Å². The topological polar surface area (TPSA) is 84.4 Å². The summed E-state index contributed by atoms with van der Waals surface area (Å²) in [6, 6.07) is 4.00. The minimum atomic E-state index is -3.95. The third-order valence-corrected chi connectivity index (χ3v) is 7.43. The zero-order chi connectivity index (χ0) is 22.5. The second kappa shape index (κ2) is 10.5. The molecule has 0 atom stereocenters. The molecule has 1 aliphatic carbocycles. The monoisotopic (exact) mass is 446 g/mol. The van der Waals surface area contributed by atoms with Crippen molar-refractivity contribution in [3.05, 3.63) is 44.1 Å². The SMILES string of the molecule is CC(C)c1cc(C(C)C)c(S(=O)(=O)[N-]/N=C/C2=C(SC#N)CCCC2)c(C(C)C)c1. The number of hydrogen-bond donors (Lipinski definition) is 0. The van der Waals surface area contributed by atoms with Gasteiger partial charge in [0, 0.05) is 11.1 Å². The second-order valence-corrected chi connectivity index (χ2v) is 11.0. The molecule has 0 N–H and O–H groups in total. The fourth-order valence-corrected chi connectivity index (χ4v) is 5.67. The summed E-state index contributed by atoms with van der Waals surface area (Å²) >= 11 is 1.13. The van der Waals surface area contributed by atoms with Gasteiger partial charge in [-0.3, -0.25) is 0 Å². The molecule has 0 amide bonds. The summed E-state index contributed by atoms with van der Waals surface area (Å²) in [7, 11) is -3.95. The molecule has 0 aliphatic heterocycles. The van der Waals surface area contributed by atoms with Gasteiger partial charge in [-0.05, 0) is 77.5 Å². The lowest BCUT2D eigenvalue weighted by atomic mass is 9.89. The molecule has 1 aliphatic rings. The maximum atomic E-state index is 13.3. The van der Waals surface area contributed by atoms with Gasteiger partial charge >= 0.3 is 0 Å². The van der Waals surface area contributed by atoms with Crippen LogP contribution in [-0.2, 0) is 10.0 Å². The molecule has 0 spiro atoms. The molecule has 5 nitrogen and oxygen atoms in total. The summed E-state index contributed by atoms with van der Waals surface area (Å²) in [6.45, 7) is 12.2. The Morgan fingerprint density at radius 3 is 2.10 bits per heavy atom. The Hall–Kier alpha value is -1.78. The number of nitrogens with zero attached hydrogens (tertiary/aromatic N) is 3. The summed E-state index contributed by atoms with van der Waals surface area (Å²) in [5, 5.41) is 15.0. The molecule has 2 rings (SSSR count). The van der Waals surface area contributed by atoms with Crippen LogP contribution in [-0.4, -0.2) is 14.6 Å². The van der Waals surface area contributed by atoms with Gasteiger partial charge in [-0.15, -0.1) is 0 Å². The summed E-state index contributed by atoms with van der Waals surface area (Å²) in [5.74, 6) is 0.399. The van der Waals surface area contributed by atoms with Crippen molar-refractivity contribution in [3.8, 4) is 5.40 Å². The summed E-state index contributed by atoms with van der Waals surface area (Å²) < 4.78 is 26.5. The molecular weight excluding hydrogens is 414 g/mol. The minimum absolute atomic E-state index is 0.0461. The Bertz CT molecular complexity index is 940. The smallest absolute Gasteiger partial charge is 0.138 e. The number of sulfonamides is 1. The van der Waals surface area contributed by atoms with Crippen molar-refractivity contribution >= 4 is 28.0 Å². The van der Waals surface area contributed by atoms with Crippen molar-refractivity contribution in [1.82, 2.24) is 0 Å². The molecule has 0 aromatic heterocycles. The Morgan fingerprint density at radius 1 is 1.03 bits per heavy atom. The van der Waals surface area contributed by atoms with Crippen molar-refractivity contribution in [2.45, 2.75) is 89.9 Å². The summed E-state index contributed by atoms with van der Waals surface area (Å²) in [6.07, 6.45) is 5.19. The Kier molecular flexibility index (Phi) is 8.57. The lowest BCUT2D eigenvalue weighted by molar-refractivity contribution is 0.596. The van der Waals surface area contributed by atoms with Crippen LogP contribution in [0.3, 0.4) is 0 Å².